The van der Waals surface area contributed by atoms with E-state index in [9.17, 15) is 18.0 Å². The number of carbonyl (C=O) groups is 1. The van der Waals surface area contributed by atoms with Crippen LogP contribution in [-0.4, -0.2) is 31.1 Å². The van der Waals surface area contributed by atoms with Crippen LogP contribution in [0.25, 0.3) is 0 Å². The zero-order valence-corrected chi connectivity index (χ0v) is 10.9. The maximum Gasteiger partial charge on any atom is 0.416 e. The maximum atomic E-state index is 12.6. The lowest BCUT2D eigenvalue weighted by Gasteiger charge is -2.28. The Labute approximate surface area is 114 Å². The van der Waals surface area contributed by atoms with E-state index >= 15 is 0 Å². The van der Waals surface area contributed by atoms with E-state index in [2.05, 4.69) is 16.0 Å². The molecule has 0 spiro atoms. The number of carbonyl (C=O) groups excluding carboxylic acids is 1. The molecule has 7 heteroatoms. The van der Waals surface area contributed by atoms with Gasteiger partial charge in [-0.05, 0) is 25.1 Å². The highest BCUT2D eigenvalue weighted by Gasteiger charge is 2.31. The van der Waals surface area contributed by atoms with Crippen molar-refractivity contribution in [1.29, 1.82) is 0 Å². The highest BCUT2D eigenvalue weighted by atomic mass is 19.4. The Morgan fingerprint density at radius 2 is 2.05 bits per heavy atom. The van der Waals surface area contributed by atoms with Crippen LogP contribution in [0.1, 0.15) is 12.5 Å². The molecule has 0 aromatic heterocycles. The number of alkyl halides is 3. The summed E-state index contributed by atoms with van der Waals surface area (Å²) < 4.78 is 37.7. The Morgan fingerprint density at radius 3 is 2.65 bits per heavy atom. The summed E-state index contributed by atoms with van der Waals surface area (Å²) in [5.74, 6) is -0.344. The molecule has 1 aliphatic rings. The van der Waals surface area contributed by atoms with Gasteiger partial charge in [-0.15, -0.1) is 0 Å². The van der Waals surface area contributed by atoms with Crippen LogP contribution >= 0.6 is 0 Å². The summed E-state index contributed by atoms with van der Waals surface area (Å²) in [6, 6.07) is 4.43. The number of piperazine rings is 1. The van der Waals surface area contributed by atoms with E-state index in [1.54, 1.807) is 0 Å². The van der Waals surface area contributed by atoms with E-state index in [0.29, 0.717) is 13.1 Å². The van der Waals surface area contributed by atoms with Gasteiger partial charge in [0.1, 0.15) is 0 Å². The Balaban J connectivity index is 2.01. The molecule has 3 N–H and O–H groups in total. The van der Waals surface area contributed by atoms with E-state index in [1.165, 1.54) is 12.1 Å². The van der Waals surface area contributed by atoms with Crippen LogP contribution in [0.15, 0.2) is 24.3 Å². The zero-order chi connectivity index (χ0) is 14.8. The van der Waals surface area contributed by atoms with Crippen LogP contribution in [-0.2, 0) is 11.0 Å². The van der Waals surface area contributed by atoms with Gasteiger partial charge in [0, 0.05) is 24.8 Å². The van der Waals surface area contributed by atoms with Crippen molar-refractivity contribution in [3.05, 3.63) is 29.8 Å². The number of nitrogens with one attached hydrogen (secondary N) is 3. The first-order valence-corrected chi connectivity index (χ1v) is 6.31. The minimum atomic E-state index is -4.42. The third-order valence-corrected chi connectivity index (χ3v) is 3.11. The van der Waals surface area contributed by atoms with Crippen LogP contribution in [0.4, 0.5) is 18.9 Å². The molecule has 2 rings (SSSR count). The van der Waals surface area contributed by atoms with E-state index in [-0.39, 0.29) is 17.6 Å². The third-order valence-electron chi connectivity index (χ3n) is 3.11. The largest absolute Gasteiger partial charge is 0.416 e. The van der Waals surface area contributed by atoms with Gasteiger partial charge in [0.25, 0.3) is 0 Å². The van der Waals surface area contributed by atoms with Crippen LogP contribution in [0, 0.1) is 0 Å². The first kappa shape index (κ1) is 14.8. The van der Waals surface area contributed by atoms with Crippen molar-refractivity contribution in [3.8, 4) is 0 Å². The number of hydrogen-bond donors (Lipinski definition) is 3. The Morgan fingerprint density at radius 1 is 1.30 bits per heavy atom. The highest BCUT2D eigenvalue weighted by Crippen LogP contribution is 2.30. The molecule has 2 unspecified atom stereocenters. The minimum Gasteiger partial charge on any atom is -0.325 e. The lowest BCUT2D eigenvalue weighted by molar-refractivity contribution is -0.137. The lowest BCUT2D eigenvalue weighted by atomic mass is 10.1. The van der Waals surface area contributed by atoms with Crippen LogP contribution in [0.5, 0.6) is 0 Å². The second-order valence-electron chi connectivity index (χ2n) is 4.84. The van der Waals surface area contributed by atoms with Crippen LogP contribution < -0.4 is 16.0 Å². The molecular weight excluding hydrogens is 271 g/mol. The van der Waals surface area contributed by atoms with Gasteiger partial charge in [-0.1, -0.05) is 6.07 Å². The van der Waals surface area contributed by atoms with Gasteiger partial charge in [0.2, 0.25) is 5.91 Å². The number of halogens is 3. The molecule has 1 saturated heterocycles. The molecule has 0 radical (unpaired) electrons. The number of benzene rings is 1. The fourth-order valence-corrected chi connectivity index (χ4v) is 1.97. The molecule has 2 atom stereocenters. The summed E-state index contributed by atoms with van der Waals surface area (Å²) in [7, 11) is 0. The number of anilines is 1. The molecule has 1 heterocycles. The fourth-order valence-electron chi connectivity index (χ4n) is 1.97. The molecule has 1 aromatic rings. The van der Waals surface area contributed by atoms with Crippen molar-refractivity contribution in [2.75, 3.05) is 18.4 Å². The minimum absolute atomic E-state index is 0.144. The zero-order valence-electron chi connectivity index (χ0n) is 10.9. The molecule has 1 amide bonds. The Hall–Kier alpha value is -1.60. The van der Waals surface area contributed by atoms with Crippen LogP contribution in [0.2, 0.25) is 0 Å². The summed E-state index contributed by atoms with van der Waals surface area (Å²) >= 11 is 0. The average Bonchev–Trinajstić information content (AvgIpc) is 2.38. The SMILES string of the molecule is CC1CNC(C(=O)Nc2cccc(C(F)(F)F)c2)CN1. The van der Waals surface area contributed by atoms with Gasteiger partial charge < -0.3 is 16.0 Å². The summed E-state index contributed by atoms with van der Waals surface area (Å²) in [6.45, 7) is 3.07. The Bertz CT molecular complexity index is 482. The first-order chi connectivity index (χ1) is 9.36. The van der Waals surface area contributed by atoms with Gasteiger partial charge in [0.15, 0.2) is 0 Å². The number of rotatable bonds is 2. The average molecular weight is 287 g/mol. The molecule has 0 bridgehead atoms. The topological polar surface area (TPSA) is 53.2 Å². The second kappa shape index (κ2) is 5.80. The quantitative estimate of drug-likeness (QED) is 0.774. The molecule has 4 nitrogen and oxygen atoms in total. The molecule has 110 valence electrons. The van der Waals surface area contributed by atoms with Gasteiger partial charge >= 0.3 is 6.18 Å². The summed E-state index contributed by atoms with van der Waals surface area (Å²) in [5.41, 5.74) is -0.635. The van der Waals surface area contributed by atoms with Crippen molar-refractivity contribution in [2.45, 2.75) is 25.2 Å². The molecule has 1 fully saturated rings. The van der Waals surface area contributed by atoms with Gasteiger partial charge in [-0.3, -0.25) is 4.79 Å². The second-order valence-corrected chi connectivity index (χ2v) is 4.84. The van der Waals surface area contributed by atoms with Gasteiger partial charge in [-0.25, -0.2) is 0 Å². The Kier molecular flexibility index (Phi) is 4.29. The summed E-state index contributed by atoms with van der Waals surface area (Å²) in [4.78, 5) is 11.9. The van der Waals surface area contributed by atoms with E-state index < -0.39 is 17.8 Å². The maximum absolute atomic E-state index is 12.6. The smallest absolute Gasteiger partial charge is 0.325 e. The monoisotopic (exact) mass is 287 g/mol. The van der Waals surface area contributed by atoms with Crippen molar-refractivity contribution < 1.29 is 18.0 Å². The normalized spacial score (nSPS) is 23.4. The summed E-state index contributed by atoms with van der Waals surface area (Å²) in [6.07, 6.45) is -4.42. The van der Waals surface area contributed by atoms with E-state index in [1.807, 2.05) is 6.92 Å². The van der Waals surface area contributed by atoms with Gasteiger partial charge in [0.05, 0.1) is 11.6 Å². The van der Waals surface area contributed by atoms with Crippen molar-refractivity contribution in [1.82, 2.24) is 10.6 Å². The highest BCUT2D eigenvalue weighted by molar-refractivity contribution is 5.95. The van der Waals surface area contributed by atoms with Crippen molar-refractivity contribution in [3.63, 3.8) is 0 Å². The van der Waals surface area contributed by atoms with Gasteiger partial charge in [-0.2, -0.15) is 13.2 Å². The number of hydrogen-bond acceptors (Lipinski definition) is 3. The predicted molar refractivity (Wildman–Crippen MR) is 69.3 cm³/mol. The molecule has 0 aliphatic carbocycles. The van der Waals surface area contributed by atoms with Crippen molar-refractivity contribution in [2.24, 2.45) is 0 Å². The fraction of sp³-hybridized carbons (Fsp3) is 0.462. The third kappa shape index (κ3) is 3.71. The summed E-state index contributed by atoms with van der Waals surface area (Å²) in [5, 5.41) is 8.67. The first-order valence-electron chi connectivity index (χ1n) is 6.31. The number of amides is 1. The lowest BCUT2D eigenvalue weighted by Crippen LogP contribution is -2.57. The standard InChI is InChI=1S/C13H16F3N3O/c1-8-6-18-11(7-17-8)12(20)19-10-4-2-3-9(5-10)13(14,15)16/h2-5,8,11,17-18H,6-7H2,1H3,(H,19,20). The van der Waals surface area contributed by atoms with Crippen LogP contribution in [0.3, 0.4) is 0 Å². The molecule has 0 saturated carbocycles. The molecule has 20 heavy (non-hydrogen) atoms. The predicted octanol–water partition coefficient (Wildman–Crippen LogP) is 1.59. The van der Waals surface area contributed by atoms with E-state index in [0.717, 1.165) is 12.1 Å². The molecule has 1 aliphatic heterocycles. The molecular formula is C13H16F3N3O. The van der Waals surface area contributed by atoms with Crippen molar-refractivity contribution >= 4 is 11.6 Å². The molecule has 1 aromatic carbocycles. The van der Waals surface area contributed by atoms with E-state index in [4.69, 9.17) is 0 Å².